The zero-order valence-electron chi connectivity index (χ0n) is 18.7. The number of aryl methyl sites for hydroxylation is 2. The van der Waals surface area contributed by atoms with Crippen molar-refractivity contribution in [1.29, 1.82) is 0 Å². The number of carbonyl (C=O) groups is 2. The van der Waals surface area contributed by atoms with Crippen molar-refractivity contribution in [2.45, 2.75) is 20.1 Å². The molecule has 0 saturated heterocycles. The monoisotopic (exact) mass is 478 g/mol. The number of nitrogens with one attached hydrogen (secondary N) is 2. The van der Waals surface area contributed by atoms with E-state index in [0.29, 0.717) is 27.8 Å². The Labute approximate surface area is 201 Å². The fourth-order valence-corrected chi connectivity index (χ4v) is 3.51. The molecule has 174 valence electrons. The summed E-state index contributed by atoms with van der Waals surface area (Å²) in [5.74, 6) is 0.441. The number of hydrogen-bond acceptors (Lipinski definition) is 5. The summed E-state index contributed by atoms with van der Waals surface area (Å²) in [6.45, 7) is 2.42. The molecule has 9 heteroatoms. The summed E-state index contributed by atoms with van der Waals surface area (Å²) in [5.41, 5.74) is 2.79. The summed E-state index contributed by atoms with van der Waals surface area (Å²) >= 11 is 6.19. The van der Waals surface area contributed by atoms with E-state index in [0.717, 1.165) is 11.1 Å². The Balaban J connectivity index is 1.43. The zero-order valence-corrected chi connectivity index (χ0v) is 19.4. The molecule has 34 heavy (non-hydrogen) atoms. The van der Waals surface area contributed by atoms with E-state index in [1.165, 1.54) is 17.1 Å². The van der Waals surface area contributed by atoms with Crippen molar-refractivity contribution >= 4 is 29.1 Å². The summed E-state index contributed by atoms with van der Waals surface area (Å²) < 4.78 is 12.5. The summed E-state index contributed by atoms with van der Waals surface area (Å²) in [6.07, 6.45) is 2.97. The van der Waals surface area contributed by atoms with E-state index in [4.69, 9.17) is 20.8 Å². The van der Waals surface area contributed by atoms with Gasteiger partial charge >= 0.3 is 0 Å². The molecule has 0 unspecified atom stereocenters. The van der Waals surface area contributed by atoms with Gasteiger partial charge in [0.05, 0.1) is 29.7 Å². The van der Waals surface area contributed by atoms with Crippen molar-refractivity contribution in [3.63, 3.8) is 0 Å². The first-order chi connectivity index (χ1) is 16.4. The Hall–Kier alpha value is -4.04. The smallest absolute Gasteiger partial charge is 0.272 e. The van der Waals surface area contributed by atoms with E-state index in [1.807, 2.05) is 25.1 Å². The summed E-state index contributed by atoms with van der Waals surface area (Å²) in [6, 6.07) is 16.1. The molecule has 0 bridgehead atoms. The second kappa shape index (κ2) is 10.3. The number of hydrogen-bond donors (Lipinski definition) is 2. The molecule has 4 rings (SSSR count). The van der Waals surface area contributed by atoms with E-state index >= 15 is 0 Å². The molecule has 8 nitrogen and oxygen atoms in total. The van der Waals surface area contributed by atoms with Gasteiger partial charge in [-0.3, -0.25) is 14.3 Å². The Kier molecular flexibility index (Phi) is 6.98. The van der Waals surface area contributed by atoms with Crippen molar-refractivity contribution < 1.29 is 18.7 Å². The first kappa shape index (κ1) is 23.1. The number of benzene rings is 2. The number of ether oxygens (including phenoxy) is 1. The number of amides is 2. The van der Waals surface area contributed by atoms with Crippen LogP contribution in [0.5, 0.6) is 5.75 Å². The third-order valence-corrected chi connectivity index (χ3v) is 5.39. The van der Waals surface area contributed by atoms with Gasteiger partial charge in [0.2, 0.25) is 0 Å². The molecule has 0 fully saturated rings. The quantitative estimate of drug-likeness (QED) is 0.381. The second-order valence-electron chi connectivity index (χ2n) is 7.67. The highest BCUT2D eigenvalue weighted by Crippen LogP contribution is 2.26. The van der Waals surface area contributed by atoms with E-state index < -0.39 is 0 Å². The third kappa shape index (κ3) is 5.47. The molecule has 0 atom stereocenters. The molecular weight excluding hydrogens is 456 g/mol. The van der Waals surface area contributed by atoms with E-state index in [1.54, 1.807) is 43.4 Å². The number of carbonyl (C=O) groups excluding carboxylic acids is 2. The first-order valence-electron chi connectivity index (χ1n) is 10.5. The molecule has 0 saturated carbocycles. The number of furan rings is 1. The predicted octanol–water partition coefficient (Wildman–Crippen LogP) is 4.74. The SMILES string of the molecule is Cc1ccc(Cl)c(OCc2cccc(C(=O)Nc3cnn(C)c3C(=O)NCc3ccco3)c2)c1. The van der Waals surface area contributed by atoms with Crippen LogP contribution in [0.1, 0.15) is 37.7 Å². The highest BCUT2D eigenvalue weighted by molar-refractivity contribution is 6.32. The van der Waals surface area contributed by atoms with Gasteiger partial charge in [-0.05, 0) is 54.4 Å². The lowest BCUT2D eigenvalue weighted by Gasteiger charge is -2.11. The zero-order chi connectivity index (χ0) is 24.1. The van der Waals surface area contributed by atoms with Crippen molar-refractivity contribution in [1.82, 2.24) is 15.1 Å². The molecule has 0 radical (unpaired) electrons. The highest BCUT2D eigenvalue weighted by Gasteiger charge is 2.19. The molecule has 4 aromatic rings. The van der Waals surface area contributed by atoms with E-state index in [9.17, 15) is 9.59 Å². The van der Waals surface area contributed by atoms with Crippen LogP contribution < -0.4 is 15.4 Å². The molecular formula is C25H23ClN4O4. The average molecular weight is 479 g/mol. The van der Waals surface area contributed by atoms with Crippen molar-refractivity contribution in [3.05, 3.63) is 100 Å². The number of halogens is 1. The molecule has 0 spiro atoms. The standard InChI is InChI=1S/C25H23ClN4O4/c1-16-8-9-20(26)22(11-16)34-15-17-5-3-6-18(12-17)24(31)29-21-14-28-30(2)23(21)25(32)27-13-19-7-4-10-33-19/h3-12,14H,13,15H2,1-2H3,(H,27,32)(H,29,31). The van der Waals surface area contributed by atoms with Gasteiger partial charge < -0.3 is 19.8 Å². The Bertz CT molecular complexity index is 1310. The van der Waals surface area contributed by atoms with Gasteiger partial charge in [-0.2, -0.15) is 5.10 Å². The first-order valence-corrected chi connectivity index (χ1v) is 10.9. The van der Waals surface area contributed by atoms with Gasteiger partial charge in [0.15, 0.2) is 0 Å². The predicted molar refractivity (Wildman–Crippen MR) is 128 cm³/mol. The summed E-state index contributed by atoms with van der Waals surface area (Å²) in [7, 11) is 1.63. The van der Waals surface area contributed by atoms with E-state index in [2.05, 4.69) is 15.7 Å². The van der Waals surface area contributed by atoms with Crippen LogP contribution >= 0.6 is 11.6 Å². The van der Waals surface area contributed by atoms with Gasteiger partial charge in [0.25, 0.3) is 11.8 Å². The lowest BCUT2D eigenvalue weighted by molar-refractivity contribution is 0.0939. The largest absolute Gasteiger partial charge is 0.487 e. The van der Waals surface area contributed by atoms with Crippen LogP contribution in [0.4, 0.5) is 5.69 Å². The molecule has 0 aliphatic rings. The van der Waals surface area contributed by atoms with Crippen LogP contribution in [-0.2, 0) is 20.2 Å². The van der Waals surface area contributed by atoms with Crippen LogP contribution in [0.3, 0.4) is 0 Å². The molecule has 0 aliphatic carbocycles. The van der Waals surface area contributed by atoms with Crippen LogP contribution in [0.15, 0.2) is 71.5 Å². The summed E-state index contributed by atoms with van der Waals surface area (Å²) in [4.78, 5) is 25.6. The van der Waals surface area contributed by atoms with Crippen molar-refractivity contribution in [2.24, 2.45) is 7.05 Å². The minimum atomic E-state index is -0.385. The number of rotatable bonds is 8. The van der Waals surface area contributed by atoms with Crippen LogP contribution in [0, 0.1) is 6.92 Å². The number of nitrogens with zero attached hydrogens (tertiary/aromatic N) is 2. The lowest BCUT2D eigenvalue weighted by Crippen LogP contribution is -2.26. The normalized spacial score (nSPS) is 10.7. The number of aromatic nitrogens is 2. The Morgan fingerprint density at radius 1 is 1.12 bits per heavy atom. The maximum atomic E-state index is 12.9. The summed E-state index contributed by atoms with van der Waals surface area (Å²) in [5, 5.41) is 10.2. The van der Waals surface area contributed by atoms with Gasteiger partial charge in [0.1, 0.15) is 23.8 Å². The van der Waals surface area contributed by atoms with Gasteiger partial charge in [-0.15, -0.1) is 0 Å². The van der Waals surface area contributed by atoms with Gasteiger partial charge in [-0.1, -0.05) is 29.8 Å². The lowest BCUT2D eigenvalue weighted by atomic mass is 10.1. The van der Waals surface area contributed by atoms with E-state index in [-0.39, 0.29) is 30.7 Å². The van der Waals surface area contributed by atoms with Crippen molar-refractivity contribution in [3.8, 4) is 5.75 Å². The second-order valence-corrected chi connectivity index (χ2v) is 8.08. The molecule has 2 heterocycles. The van der Waals surface area contributed by atoms with Gasteiger partial charge in [-0.25, -0.2) is 0 Å². The maximum Gasteiger partial charge on any atom is 0.272 e. The van der Waals surface area contributed by atoms with Crippen molar-refractivity contribution in [2.75, 3.05) is 5.32 Å². The minimum absolute atomic E-state index is 0.220. The Morgan fingerprint density at radius 2 is 1.97 bits per heavy atom. The molecule has 2 amide bonds. The fraction of sp³-hybridized carbons (Fsp3) is 0.160. The third-order valence-electron chi connectivity index (χ3n) is 5.08. The minimum Gasteiger partial charge on any atom is -0.487 e. The van der Waals surface area contributed by atoms with Crippen LogP contribution in [0.25, 0.3) is 0 Å². The number of anilines is 1. The van der Waals surface area contributed by atoms with Gasteiger partial charge in [0, 0.05) is 12.6 Å². The molecule has 2 N–H and O–H groups in total. The highest BCUT2D eigenvalue weighted by atomic mass is 35.5. The van der Waals surface area contributed by atoms with Crippen LogP contribution in [0.2, 0.25) is 5.02 Å². The topological polar surface area (TPSA) is 98.4 Å². The maximum absolute atomic E-state index is 12.9. The molecule has 0 aliphatic heterocycles. The Morgan fingerprint density at radius 3 is 2.76 bits per heavy atom. The fourth-order valence-electron chi connectivity index (χ4n) is 3.34. The molecule has 2 aromatic carbocycles. The average Bonchev–Trinajstić information content (AvgIpc) is 3.48. The molecule has 2 aromatic heterocycles. The van der Waals surface area contributed by atoms with Crippen LogP contribution in [-0.4, -0.2) is 21.6 Å².